The van der Waals surface area contributed by atoms with E-state index in [-0.39, 0.29) is 11.8 Å². The van der Waals surface area contributed by atoms with E-state index in [4.69, 9.17) is 16.6 Å². The van der Waals surface area contributed by atoms with E-state index < -0.39 is 0 Å². The zero-order chi connectivity index (χ0) is 19.8. The average Bonchev–Trinajstić information content (AvgIpc) is 2.66. The lowest BCUT2D eigenvalue weighted by Crippen LogP contribution is -2.34. The Morgan fingerprint density at radius 1 is 1.33 bits per heavy atom. The molecule has 0 spiro atoms. The molecule has 142 valence electrons. The number of hydrogen-bond acceptors (Lipinski definition) is 6. The summed E-state index contributed by atoms with van der Waals surface area (Å²) in [6, 6.07) is 0. The van der Waals surface area contributed by atoms with Crippen LogP contribution in [0, 0.1) is 16.7 Å². The molecular weight excluding hydrogens is 338 g/mol. The first-order valence-corrected chi connectivity index (χ1v) is 8.86. The fraction of sp³-hybridized carbons (Fsp3) is 0.250. The van der Waals surface area contributed by atoms with Gasteiger partial charge in [-0.3, -0.25) is 10.4 Å². The molecule has 0 aliphatic carbocycles. The Balaban J connectivity index is 2.13. The van der Waals surface area contributed by atoms with Crippen LogP contribution in [0.4, 0.5) is 0 Å². The van der Waals surface area contributed by atoms with Crippen LogP contribution in [0.15, 0.2) is 75.6 Å². The monoisotopic (exact) mass is 365 g/mol. The molecule has 0 unspecified atom stereocenters. The van der Waals surface area contributed by atoms with E-state index in [2.05, 4.69) is 20.9 Å². The third-order valence-corrected chi connectivity index (χ3v) is 4.00. The van der Waals surface area contributed by atoms with E-state index in [0.29, 0.717) is 12.4 Å². The molecule has 0 bridgehead atoms. The molecule has 7 N–H and O–H groups in total. The summed E-state index contributed by atoms with van der Waals surface area (Å²) >= 11 is 0. The standard InChI is InChI=1S/C20H27N7/c1-4-24-11-16(10-22)15-7-18-17(25-12-15)5-6-20(26-18)27-19(23)8-14(9-21)13(2)3/h5-13,21,25-26H,4,22H2,1-3H3,(H2,23,27). The van der Waals surface area contributed by atoms with Crippen LogP contribution in [0.1, 0.15) is 20.8 Å². The van der Waals surface area contributed by atoms with Gasteiger partial charge in [0.15, 0.2) is 0 Å². The fourth-order valence-electron chi connectivity index (χ4n) is 2.47. The highest BCUT2D eigenvalue weighted by Gasteiger charge is 2.16. The molecule has 7 heteroatoms. The highest BCUT2D eigenvalue weighted by atomic mass is 15.1. The number of allylic oxidation sites excluding steroid dienone is 6. The minimum atomic E-state index is 0.189. The van der Waals surface area contributed by atoms with Gasteiger partial charge in [-0.05, 0) is 42.7 Å². The van der Waals surface area contributed by atoms with Crippen LogP contribution in [0.5, 0.6) is 0 Å². The Hall–Kier alpha value is -3.35. The first-order valence-electron chi connectivity index (χ1n) is 8.86. The number of nitrogens with two attached hydrogens (primary N) is 1. The van der Waals surface area contributed by atoms with Gasteiger partial charge in [0, 0.05) is 42.5 Å². The topological polar surface area (TPSA) is 122 Å². The van der Waals surface area contributed by atoms with E-state index in [1.807, 2.05) is 45.2 Å². The molecule has 0 saturated carbocycles. The van der Waals surface area contributed by atoms with Crippen molar-refractivity contribution in [3.05, 3.63) is 70.6 Å². The summed E-state index contributed by atoms with van der Waals surface area (Å²) in [4.78, 5) is 4.24. The van der Waals surface area contributed by atoms with E-state index in [1.54, 1.807) is 12.3 Å². The molecule has 0 aromatic carbocycles. The Bertz CT molecular complexity index is 817. The molecule has 0 aromatic heterocycles. The molecular formula is C20H27N7. The predicted octanol–water partition coefficient (Wildman–Crippen LogP) is 2.42. The van der Waals surface area contributed by atoms with Crippen LogP contribution in [0.2, 0.25) is 0 Å². The van der Waals surface area contributed by atoms with E-state index in [0.717, 1.165) is 28.1 Å². The number of aliphatic imine (C=N–C) groups is 1. The van der Waals surface area contributed by atoms with Crippen molar-refractivity contribution in [2.24, 2.45) is 16.6 Å². The van der Waals surface area contributed by atoms with Crippen LogP contribution < -0.4 is 21.7 Å². The molecule has 7 nitrogen and oxygen atoms in total. The number of dihydropyridines is 2. The molecule has 0 aromatic rings. The average molecular weight is 365 g/mol. The molecule has 27 heavy (non-hydrogen) atoms. The summed E-state index contributed by atoms with van der Waals surface area (Å²) < 4.78 is 0. The molecule has 0 saturated heterocycles. The third-order valence-electron chi connectivity index (χ3n) is 4.00. The second-order valence-electron chi connectivity index (χ2n) is 6.32. The molecule has 0 atom stereocenters. The number of fused-ring (bicyclic) bond motifs is 1. The molecule has 2 rings (SSSR count). The van der Waals surface area contributed by atoms with Gasteiger partial charge in [-0.1, -0.05) is 13.8 Å². The van der Waals surface area contributed by atoms with Crippen molar-refractivity contribution in [1.82, 2.24) is 16.0 Å². The predicted molar refractivity (Wildman–Crippen MR) is 112 cm³/mol. The first kappa shape index (κ1) is 20.0. The highest BCUT2D eigenvalue weighted by molar-refractivity contribution is 5.97. The fourth-order valence-corrected chi connectivity index (χ4v) is 2.47. The van der Waals surface area contributed by atoms with Gasteiger partial charge in [0.25, 0.3) is 0 Å². The maximum atomic E-state index is 8.12. The van der Waals surface area contributed by atoms with Crippen molar-refractivity contribution < 1.29 is 0 Å². The SMILES string of the molecule is CCN=CC(=CN)C1=CNC2=CC=C(NC(=N)C=C(C=N)C(C)C)NC2=C1. The Morgan fingerprint density at radius 2 is 2.11 bits per heavy atom. The number of hydrogen-bond donors (Lipinski definition) is 6. The first-order chi connectivity index (χ1) is 13.0. The van der Waals surface area contributed by atoms with Gasteiger partial charge in [-0.2, -0.15) is 0 Å². The number of nitrogens with one attached hydrogen (secondary N) is 5. The van der Waals surface area contributed by atoms with Crippen LogP contribution in [-0.4, -0.2) is 24.8 Å². The molecule has 2 heterocycles. The largest absolute Gasteiger partial charge is 0.404 e. The lowest BCUT2D eigenvalue weighted by molar-refractivity contribution is 0.804. The summed E-state index contributed by atoms with van der Waals surface area (Å²) in [5, 5.41) is 25.1. The number of amidine groups is 1. The number of nitrogens with zero attached hydrogens (tertiary/aromatic N) is 1. The Kier molecular flexibility index (Phi) is 6.93. The smallest absolute Gasteiger partial charge is 0.123 e. The summed E-state index contributed by atoms with van der Waals surface area (Å²) in [6.07, 6.45) is 13.9. The van der Waals surface area contributed by atoms with Gasteiger partial charge >= 0.3 is 0 Å². The van der Waals surface area contributed by atoms with Crippen molar-refractivity contribution in [2.45, 2.75) is 20.8 Å². The summed E-state index contributed by atoms with van der Waals surface area (Å²) in [5.74, 6) is 1.09. The lowest BCUT2D eigenvalue weighted by atomic mass is 10.0. The quantitative estimate of drug-likeness (QED) is 0.306. The minimum absolute atomic E-state index is 0.189. The maximum absolute atomic E-state index is 8.12. The van der Waals surface area contributed by atoms with Gasteiger partial charge in [-0.15, -0.1) is 0 Å². The zero-order valence-corrected chi connectivity index (χ0v) is 15.9. The second-order valence-corrected chi connectivity index (χ2v) is 6.32. The minimum Gasteiger partial charge on any atom is -0.404 e. The van der Waals surface area contributed by atoms with Gasteiger partial charge in [-0.25, -0.2) is 0 Å². The van der Waals surface area contributed by atoms with Crippen molar-refractivity contribution in [2.75, 3.05) is 6.54 Å². The maximum Gasteiger partial charge on any atom is 0.123 e. The second kappa shape index (κ2) is 9.38. The molecule has 0 fully saturated rings. The molecule has 2 aliphatic rings. The highest BCUT2D eigenvalue weighted by Crippen LogP contribution is 2.21. The summed E-state index contributed by atoms with van der Waals surface area (Å²) in [6.45, 7) is 6.65. The van der Waals surface area contributed by atoms with Gasteiger partial charge in [0.2, 0.25) is 0 Å². The molecule has 0 radical (unpaired) electrons. The van der Waals surface area contributed by atoms with Crippen molar-refractivity contribution in [3.63, 3.8) is 0 Å². The van der Waals surface area contributed by atoms with Crippen LogP contribution in [0.3, 0.4) is 0 Å². The van der Waals surface area contributed by atoms with Crippen LogP contribution >= 0.6 is 0 Å². The zero-order valence-electron chi connectivity index (χ0n) is 15.9. The number of rotatable bonds is 7. The third kappa shape index (κ3) is 5.31. The summed E-state index contributed by atoms with van der Waals surface area (Å²) in [7, 11) is 0. The van der Waals surface area contributed by atoms with Crippen molar-refractivity contribution in [1.29, 1.82) is 10.8 Å². The van der Waals surface area contributed by atoms with E-state index in [9.17, 15) is 0 Å². The van der Waals surface area contributed by atoms with Crippen molar-refractivity contribution >= 4 is 18.3 Å². The lowest BCUT2D eigenvalue weighted by Gasteiger charge is -2.25. The van der Waals surface area contributed by atoms with Gasteiger partial charge in [0.05, 0.1) is 11.4 Å². The Morgan fingerprint density at radius 3 is 2.74 bits per heavy atom. The van der Waals surface area contributed by atoms with Crippen LogP contribution in [0.25, 0.3) is 0 Å². The van der Waals surface area contributed by atoms with Crippen molar-refractivity contribution in [3.8, 4) is 0 Å². The summed E-state index contributed by atoms with van der Waals surface area (Å²) in [5.41, 5.74) is 10.1. The van der Waals surface area contributed by atoms with Gasteiger partial charge in [0.1, 0.15) is 11.7 Å². The van der Waals surface area contributed by atoms with E-state index >= 15 is 0 Å². The molecule has 0 amide bonds. The Labute approximate surface area is 160 Å². The van der Waals surface area contributed by atoms with E-state index in [1.165, 1.54) is 12.4 Å². The normalized spacial score (nSPS) is 17.2. The molecule has 2 aliphatic heterocycles. The van der Waals surface area contributed by atoms with Crippen LogP contribution in [-0.2, 0) is 0 Å². The van der Waals surface area contributed by atoms with Gasteiger partial charge < -0.3 is 27.1 Å².